The molecule has 362 valence electrons. The highest BCUT2D eigenvalue weighted by Crippen LogP contribution is 2.23. The van der Waals surface area contributed by atoms with Gasteiger partial charge in [-0.3, -0.25) is 33.7 Å². The summed E-state index contributed by atoms with van der Waals surface area (Å²) >= 11 is 0. The van der Waals surface area contributed by atoms with E-state index in [1.165, 1.54) is 11.8 Å². The zero-order valence-electron chi connectivity index (χ0n) is 39.4. The fourth-order valence-corrected chi connectivity index (χ4v) is 7.68. The normalized spacial score (nSPS) is 12.6. The lowest BCUT2D eigenvalue weighted by atomic mass is 9.99. The van der Waals surface area contributed by atoms with Gasteiger partial charge in [-0.2, -0.15) is 0 Å². The number of rotatable bonds is 25. The number of unbranched alkanes of at least 4 members (excludes halogenated alkanes) is 1. The minimum atomic E-state index is -1.25. The monoisotopic (exact) mass is 937 g/mol. The number of aliphatic carboxylic acids is 1. The number of hydrogen-bond acceptors (Lipinski definition) is 8. The Morgan fingerprint density at radius 2 is 1.20 bits per heavy atom. The second-order valence-corrected chi connectivity index (χ2v) is 17.0. The highest BCUT2D eigenvalue weighted by atomic mass is 16.4. The maximum atomic E-state index is 14.4. The Hall–Kier alpha value is -7.65. The second-order valence-electron chi connectivity index (χ2n) is 17.0. The van der Waals surface area contributed by atoms with Crippen molar-refractivity contribution in [3.8, 4) is 11.1 Å². The van der Waals surface area contributed by atoms with Gasteiger partial charge in [0.15, 0.2) is 0 Å². The van der Waals surface area contributed by atoms with Crippen LogP contribution in [0.15, 0.2) is 133 Å². The molecule has 69 heavy (non-hydrogen) atoms. The highest BCUT2D eigenvalue weighted by Gasteiger charge is 2.33. The number of amides is 6. The van der Waals surface area contributed by atoms with Crippen LogP contribution in [0.3, 0.4) is 0 Å². The molecule has 15 heteroatoms. The van der Waals surface area contributed by atoms with Gasteiger partial charge in [0.05, 0.1) is 6.54 Å². The predicted octanol–water partition coefficient (Wildman–Crippen LogP) is 5.77. The summed E-state index contributed by atoms with van der Waals surface area (Å²) in [4.78, 5) is 96.1. The van der Waals surface area contributed by atoms with Gasteiger partial charge in [0.2, 0.25) is 35.4 Å². The fraction of sp³-hybridized carbons (Fsp3) is 0.315. The van der Waals surface area contributed by atoms with Gasteiger partial charge in [-0.1, -0.05) is 121 Å². The summed E-state index contributed by atoms with van der Waals surface area (Å²) in [5.41, 5.74) is 11.8. The van der Waals surface area contributed by atoms with Crippen molar-refractivity contribution >= 4 is 52.8 Å². The lowest BCUT2D eigenvalue weighted by Crippen LogP contribution is -2.57. The third-order valence-corrected chi connectivity index (χ3v) is 11.7. The summed E-state index contributed by atoms with van der Waals surface area (Å²) in [6.07, 6.45) is 1.41. The molecule has 0 aliphatic rings. The number of carbonyl (C=O) groups is 7. The van der Waals surface area contributed by atoms with Crippen LogP contribution in [-0.2, 0) is 46.4 Å². The van der Waals surface area contributed by atoms with E-state index in [9.17, 15) is 38.7 Å². The Labute approximate surface area is 403 Å². The maximum Gasteiger partial charge on any atom is 0.326 e. The minimum Gasteiger partial charge on any atom is -0.480 e. The number of benzene rings is 5. The largest absolute Gasteiger partial charge is 0.480 e. The molecule has 0 saturated heterocycles. The molecular weight excluding hydrogens is 875 g/mol. The number of aryl methyl sites for hydroxylation is 3. The van der Waals surface area contributed by atoms with Crippen LogP contribution in [0.5, 0.6) is 0 Å². The standard InChI is InChI=1S/C54H63N7O8/c1-36-21-28-43(29-22-36)57-48(62)31-32-49(63)58-44(30-25-39-15-6-4-7-16-39)53(67)60-46(34-40-23-26-42(27-24-40)41-17-8-5-9-18-41)52(66)56-35-50(64)61(47-20-11-10-14-37(47)2)38(3)51(65)59-45(54(68)69)19-12-13-33-55/h4-11,14-18,20-24,26-29,38,44-46H,12-13,19,25,30-35,55H2,1-3H3,(H,56,66)(H,57,62)(H,58,63)(H,59,65)(H,60,67)(H,68,69)/t38-,44+,45-,46-/m0/s1. The van der Waals surface area contributed by atoms with Crippen LogP contribution in [-0.4, -0.2) is 83.8 Å². The summed E-state index contributed by atoms with van der Waals surface area (Å²) in [7, 11) is 0. The first-order valence-electron chi connectivity index (χ1n) is 23.3. The number of nitrogens with one attached hydrogen (secondary N) is 5. The number of para-hydroxylation sites is 1. The summed E-state index contributed by atoms with van der Waals surface area (Å²) in [6, 6.07) is 36.0. The number of nitrogens with two attached hydrogens (primary N) is 1. The van der Waals surface area contributed by atoms with Crippen LogP contribution in [0.4, 0.5) is 11.4 Å². The first-order chi connectivity index (χ1) is 33.2. The van der Waals surface area contributed by atoms with Gasteiger partial charge in [0.1, 0.15) is 24.2 Å². The molecule has 4 atom stereocenters. The first-order valence-corrected chi connectivity index (χ1v) is 23.3. The molecule has 0 aliphatic heterocycles. The molecular formula is C54H63N7O8. The van der Waals surface area contributed by atoms with Crippen molar-refractivity contribution in [2.24, 2.45) is 5.73 Å². The van der Waals surface area contributed by atoms with Crippen LogP contribution >= 0.6 is 0 Å². The van der Waals surface area contributed by atoms with E-state index in [1.807, 2.05) is 104 Å². The number of hydrogen-bond donors (Lipinski definition) is 7. The Morgan fingerprint density at radius 1 is 0.594 bits per heavy atom. The van der Waals surface area contributed by atoms with Crippen LogP contribution in [0.1, 0.15) is 67.7 Å². The van der Waals surface area contributed by atoms with E-state index in [-0.39, 0.29) is 38.0 Å². The molecule has 0 saturated carbocycles. The van der Waals surface area contributed by atoms with Crippen molar-refractivity contribution in [3.05, 3.63) is 156 Å². The Balaban J connectivity index is 1.36. The van der Waals surface area contributed by atoms with Crippen molar-refractivity contribution in [2.45, 2.75) is 96.3 Å². The van der Waals surface area contributed by atoms with Gasteiger partial charge in [-0.05, 0) is 105 Å². The van der Waals surface area contributed by atoms with Crippen molar-refractivity contribution in [3.63, 3.8) is 0 Å². The molecule has 8 N–H and O–H groups in total. The zero-order valence-corrected chi connectivity index (χ0v) is 39.4. The number of nitrogens with zero attached hydrogens (tertiary/aromatic N) is 1. The average Bonchev–Trinajstić information content (AvgIpc) is 3.35. The van der Waals surface area contributed by atoms with E-state index in [2.05, 4.69) is 26.6 Å². The van der Waals surface area contributed by atoms with Gasteiger partial charge >= 0.3 is 5.97 Å². The van der Waals surface area contributed by atoms with Crippen molar-refractivity contribution in [1.29, 1.82) is 0 Å². The van der Waals surface area contributed by atoms with Gasteiger partial charge in [0, 0.05) is 30.6 Å². The summed E-state index contributed by atoms with van der Waals surface area (Å²) < 4.78 is 0. The van der Waals surface area contributed by atoms with Crippen LogP contribution in [0.25, 0.3) is 11.1 Å². The predicted molar refractivity (Wildman–Crippen MR) is 267 cm³/mol. The smallest absolute Gasteiger partial charge is 0.326 e. The zero-order chi connectivity index (χ0) is 49.7. The molecule has 6 amide bonds. The van der Waals surface area contributed by atoms with E-state index in [1.54, 1.807) is 43.3 Å². The minimum absolute atomic E-state index is 0.000413. The third kappa shape index (κ3) is 16.6. The van der Waals surface area contributed by atoms with Crippen LogP contribution < -0.4 is 37.2 Å². The van der Waals surface area contributed by atoms with E-state index >= 15 is 0 Å². The molecule has 0 aliphatic carbocycles. The topological polar surface area (TPSA) is 229 Å². The van der Waals surface area contributed by atoms with Crippen molar-refractivity contribution in [2.75, 3.05) is 23.3 Å². The SMILES string of the molecule is Cc1ccc(NC(=O)CCC(=O)N[C@H](CCc2ccccc2)C(=O)N[C@@H](Cc2ccc(-c3ccccc3)cc2)C(=O)NCC(=O)N(c2ccccc2C)[C@@H](C)C(=O)N[C@@H](CCCCN)C(=O)O)cc1. The van der Waals surface area contributed by atoms with E-state index in [4.69, 9.17) is 5.73 Å². The Bertz CT molecular complexity index is 2500. The molecule has 15 nitrogen and oxygen atoms in total. The molecule has 5 rings (SSSR count). The molecule has 0 heterocycles. The van der Waals surface area contributed by atoms with Crippen LogP contribution in [0.2, 0.25) is 0 Å². The number of anilines is 2. The van der Waals surface area contributed by atoms with E-state index in [0.29, 0.717) is 48.3 Å². The van der Waals surface area contributed by atoms with E-state index in [0.717, 1.165) is 22.3 Å². The molecule has 0 spiro atoms. The molecule has 0 unspecified atom stereocenters. The Morgan fingerprint density at radius 3 is 1.86 bits per heavy atom. The summed E-state index contributed by atoms with van der Waals surface area (Å²) in [5, 5.41) is 23.5. The van der Waals surface area contributed by atoms with Crippen LogP contribution in [0, 0.1) is 13.8 Å². The van der Waals surface area contributed by atoms with Gasteiger partial charge in [0.25, 0.3) is 0 Å². The molecule has 0 radical (unpaired) electrons. The van der Waals surface area contributed by atoms with Gasteiger partial charge in [-0.25, -0.2) is 4.79 Å². The molecule has 0 fully saturated rings. The first kappa shape index (κ1) is 52.3. The molecule has 0 aromatic heterocycles. The summed E-state index contributed by atoms with van der Waals surface area (Å²) in [6.45, 7) is 4.93. The lowest BCUT2D eigenvalue weighted by molar-refractivity contribution is -0.142. The van der Waals surface area contributed by atoms with E-state index < -0.39 is 66.2 Å². The molecule has 0 bridgehead atoms. The number of carbonyl (C=O) groups excluding carboxylic acids is 6. The number of carboxylic acid groups (broad SMARTS) is 1. The van der Waals surface area contributed by atoms with Gasteiger partial charge < -0.3 is 37.4 Å². The molecule has 5 aromatic carbocycles. The third-order valence-electron chi connectivity index (χ3n) is 11.7. The quantitative estimate of drug-likeness (QED) is 0.0352. The maximum absolute atomic E-state index is 14.4. The van der Waals surface area contributed by atoms with Gasteiger partial charge in [-0.15, -0.1) is 0 Å². The second kappa shape index (κ2) is 26.6. The lowest BCUT2D eigenvalue weighted by Gasteiger charge is -2.31. The Kier molecular flexibility index (Phi) is 20.2. The fourth-order valence-electron chi connectivity index (χ4n) is 7.68. The summed E-state index contributed by atoms with van der Waals surface area (Å²) in [5.74, 6) is -4.88. The average molecular weight is 938 g/mol. The van der Waals surface area contributed by atoms with Crippen molar-refractivity contribution < 1.29 is 38.7 Å². The number of carboxylic acids is 1. The van der Waals surface area contributed by atoms with Crippen molar-refractivity contribution in [1.82, 2.24) is 21.3 Å². The highest BCUT2D eigenvalue weighted by molar-refractivity contribution is 6.04. The molecule has 5 aromatic rings.